The van der Waals surface area contributed by atoms with Gasteiger partial charge < -0.3 is 10.8 Å². The molecule has 19 heavy (non-hydrogen) atoms. The topological polar surface area (TPSA) is 46.2 Å². The Morgan fingerprint density at radius 2 is 1.63 bits per heavy atom. The molecule has 1 fully saturated rings. The first kappa shape index (κ1) is 12.4. The van der Waals surface area contributed by atoms with Crippen molar-refractivity contribution in [2.45, 2.75) is 30.9 Å². The first-order chi connectivity index (χ1) is 9.25. The average molecular weight is 253 g/mol. The predicted molar refractivity (Wildman–Crippen MR) is 76.7 cm³/mol. The van der Waals surface area contributed by atoms with Crippen LogP contribution in [-0.2, 0) is 0 Å². The van der Waals surface area contributed by atoms with Gasteiger partial charge in [-0.05, 0) is 35.4 Å². The highest BCUT2D eigenvalue weighted by molar-refractivity contribution is 5.32. The van der Waals surface area contributed by atoms with Crippen LogP contribution in [0.4, 0.5) is 0 Å². The van der Waals surface area contributed by atoms with E-state index in [1.165, 1.54) is 18.4 Å². The highest BCUT2D eigenvalue weighted by atomic mass is 16.3. The SMILES string of the molecule is NC(c1ccccc1)C(O)c1cccc(C2CC2)c1. The summed E-state index contributed by atoms with van der Waals surface area (Å²) in [6, 6.07) is 17.6. The largest absolute Gasteiger partial charge is 0.386 e. The third kappa shape index (κ3) is 2.70. The third-order valence-electron chi connectivity index (χ3n) is 3.83. The fourth-order valence-corrected chi connectivity index (χ4v) is 2.48. The van der Waals surface area contributed by atoms with Crippen LogP contribution < -0.4 is 5.73 Å². The molecule has 3 N–H and O–H groups in total. The number of nitrogens with two attached hydrogens (primary N) is 1. The second-order valence-corrected chi connectivity index (χ2v) is 5.33. The Hall–Kier alpha value is -1.64. The van der Waals surface area contributed by atoms with Crippen LogP contribution in [0.15, 0.2) is 54.6 Å². The molecule has 2 heteroatoms. The quantitative estimate of drug-likeness (QED) is 0.878. The van der Waals surface area contributed by atoms with E-state index in [0.29, 0.717) is 5.92 Å². The molecular formula is C17H19NO. The van der Waals surface area contributed by atoms with Crippen LogP contribution in [0.2, 0.25) is 0 Å². The van der Waals surface area contributed by atoms with Gasteiger partial charge in [0.05, 0.1) is 12.1 Å². The van der Waals surface area contributed by atoms with Gasteiger partial charge in [0.25, 0.3) is 0 Å². The number of hydrogen-bond acceptors (Lipinski definition) is 2. The van der Waals surface area contributed by atoms with E-state index in [0.717, 1.165) is 11.1 Å². The lowest BCUT2D eigenvalue weighted by Crippen LogP contribution is -2.19. The molecule has 0 aliphatic heterocycles. The van der Waals surface area contributed by atoms with Gasteiger partial charge in [0, 0.05) is 0 Å². The number of rotatable bonds is 4. The van der Waals surface area contributed by atoms with E-state index in [1.807, 2.05) is 42.5 Å². The molecule has 0 heterocycles. The molecule has 0 amide bonds. The molecule has 2 nitrogen and oxygen atoms in total. The molecule has 0 spiro atoms. The van der Waals surface area contributed by atoms with Gasteiger partial charge in [0.15, 0.2) is 0 Å². The summed E-state index contributed by atoms with van der Waals surface area (Å²) in [6.45, 7) is 0. The van der Waals surface area contributed by atoms with Gasteiger partial charge in [-0.15, -0.1) is 0 Å². The van der Waals surface area contributed by atoms with E-state index in [2.05, 4.69) is 12.1 Å². The second kappa shape index (κ2) is 5.16. The van der Waals surface area contributed by atoms with E-state index in [1.54, 1.807) is 0 Å². The van der Waals surface area contributed by atoms with Crippen LogP contribution in [0.25, 0.3) is 0 Å². The van der Waals surface area contributed by atoms with E-state index in [4.69, 9.17) is 5.73 Å². The number of benzene rings is 2. The Kier molecular flexibility index (Phi) is 3.36. The van der Waals surface area contributed by atoms with Crippen LogP contribution in [0.3, 0.4) is 0 Å². The summed E-state index contributed by atoms with van der Waals surface area (Å²) < 4.78 is 0. The van der Waals surface area contributed by atoms with E-state index < -0.39 is 6.10 Å². The molecule has 0 aromatic heterocycles. The van der Waals surface area contributed by atoms with Crippen molar-refractivity contribution in [1.29, 1.82) is 0 Å². The normalized spacial score (nSPS) is 18.0. The van der Waals surface area contributed by atoms with Crippen molar-refractivity contribution in [2.75, 3.05) is 0 Å². The van der Waals surface area contributed by atoms with Gasteiger partial charge in [-0.2, -0.15) is 0 Å². The van der Waals surface area contributed by atoms with Gasteiger partial charge >= 0.3 is 0 Å². The highest BCUT2D eigenvalue weighted by Gasteiger charge is 2.25. The van der Waals surface area contributed by atoms with Crippen LogP contribution in [-0.4, -0.2) is 5.11 Å². The Morgan fingerprint density at radius 3 is 2.32 bits per heavy atom. The van der Waals surface area contributed by atoms with E-state index in [-0.39, 0.29) is 6.04 Å². The molecule has 2 aromatic carbocycles. The maximum absolute atomic E-state index is 10.4. The van der Waals surface area contributed by atoms with Crippen molar-refractivity contribution in [3.63, 3.8) is 0 Å². The first-order valence-electron chi connectivity index (χ1n) is 6.84. The summed E-state index contributed by atoms with van der Waals surface area (Å²) in [4.78, 5) is 0. The fourth-order valence-electron chi connectivity index (χ4n) is 2.48. The van der Waals surface area contributed by atoms with Crippen LogP contribution in [0.5, 0.6) is 0 Å². The lowest BCUT2D eigenvalue weighted by atomic mass is 9.95. The lowest BCUT2D eigenvalue weighted by molar-refractivity contribution is 0.147. The molecule has 1 aliphatic rings. The minimum Gasteiger partial charge on any atom is -0.386 e. The first-order valence-corrected chi connectivity index (χ1v) is 6.84. The zero-order valence-electron chi connectivity index (χ0n) is 10.9. The molecule has 3 rings (SSSR count). The molecule has 0 radical (unpaired) electrons. The third-order valence-corrected chi connectivity index (χ3v) is 3.83. The number of aliphatic hydroxyl groups is 1. The molecule has 1 aliphatic carbocycles. The number of aliphatic hydroxyl groups excluding tert-OH is 1. The van der Waals surface area contributed by atoms with Gasteiger partial charge in [-0.3, -0.25) is 0 Å². The zero-order valence-corrected chi connectivity index (χ0v) is 10.9. The number of hydrogen-bond donors (Lipinski definition) is 2. The molecule has 98 valence electrons. The Balaban J connectivity index is 1.83. The van der Waals surface area contributed by atoms with Crippen molar-refractivity contribution in [3.05, 3.63) is 71.3 Å². The van der Waals surface area contributed by atoms with Gasteiger partial charge in [-0.25, -0.2) is 0 Å². The summed E-state index contributed by atoms with van der Waals surface area (Å²) in [5.74, 6) is 0.695. The minimum atomic E-state index is -0.652. The summed E-state index contributed by atoms with van der Waals surface area (Å²) in [5.41, 5.74) is 9.37. The second-order valence-electron chi connectivity index (χ2n) is 5.33. The van der Waals surface area contributed by atoms with Crippen LogP contribution >= 0.6 is 0 Å². The van der Waals surface area contributed by atoms with E-state index >= 15 is 0 Å². The summed E-state index contributed by atoms with van der Waals surface area (Å²) >= 11 is 0. The van der Waals surface area contributed by atoms with Crippen molar-refractivity contribution in [2.24, 2.45) is 5.73 Å². The highest BCUT2D eigenvalue weighted by Crippen LogP contribution is 2.41. The molecule has 2 unspecified atom stereocenters. The van der Waals surface area contributed by atoms with Crippen molar-refractivity contribution in [3.8, 4) is 0 Å². The van der Waals surface area contributed by atoms with E-state index in [9.17, 15) is 5.11 Å². The smallest absolute Gasteiger partial charge is 0.0982 e. The maximum Gasteiger partial charge on any atom is 0.0982 e. The Labute approximate surface area is 113 Å². The maximum atomic E-state index is 10.4. The zero-order chi connectivity index (χ0) is 13.2. The van der Waals surface area contributed by atoms with Crippen molar-refractivity contribution in [1.82, 2.24) is 0 Å². The average Bonchev–Trinajstić information content (AvgIpc) is 3.31. The monoisotopic (exact) mass is 253 g/mol. The van der Waals surface area contributed by atoms with Gasteiger partial charge in [0.2, 0.25) is 0 Å². The van der Waals surface area contributed by atoms with Crippen LogP contribution in [0, 0.1) is 0 Å². The lowest BCUT2D eigenvalue weighted by Gasteiger charge is -2.20. The standard InChI is InChI=1S/C17H19NO/c18-16(13-5-2-1-3-6-13)17(19)15-8-4-7-14(11-15)12-9-10-12/h1-8,11-12,16-17,19H,9-10,18H2. The Morgan fingerprint density at radius 1 is 0.947 bits per heavy atom. The summed E-state index contributed by atoms with van der Waals surface area (Å²) in [7, 11) is 0. The van der Waals surface area contributed by atoms with Crippen molar-refractivity contribution < 1.29 is 5.11 Å². The molecule has 0 bridgehead atoms. The summed E-state index contributed by atoms with van der Waals surface area (Å²) in [6.07, 6.45) is 1.88. The Bertz CT molecular complexity index is 548. The van der Waals surface area contributed by atoms with Crippen LogP contribution in [0.1, 0.15) is 47.6 Å². The molecule has 2 aromatic rings. The molecule has 2 atom stereocenters. The fraction of sp³-hybridized carbons (Fsp3) is 0.294. The van der Waals surface area contributed by atoms with Crippen molar-refractivity contribution >= 4 is 0 Å². The predicted octanol–water partition coefficient (Wildman–Crippen LogP) is 3.30. The molecule has 1 saturated carbocycles. The van der Waals surface area contributed by atoms with Gasteiger partial charge in [-0.1, -0.05) is 54.6 Å². The molecule has 0 saturated heterocycles. The summed E-state index contributed by atoms with van der Waals surface area (Å²) in [5, 5.41) is 10.4. The molecular weight excluding hydrogens is 234 g/mol. The van der Waals surface area contributed by atoms with Gasteiger partial charge in [0.1, 0.15) is 0 Å². The minimum absolute atomic E-state index is 0.379.